The van der Waals surface area contributed by atoms with Crippen LogP contribution >= 0.6 is 0 Å². The van der Waals surface area contributed by atoms with Crippen LogP contribution < -0.4 is 10.6 Å². The van der Waals surface area contributed by atoms with E-state index in [2.05, 4.69) is 20.5 Å². The fourth-order valence-electron chi connectivity index (χ4n) is 1.28. The van der Waals surface area contributed by atoms with Crippen LogP contribution in [0.25, 0.3) is 0 Å². The molecule has 126 valence electrons. The summed E-state index contributed by atoms with van der Waals surface area (Å²) in [5, 5.41) is 16.4. The van der Waals surface area contributed by atoms with Gasteiger partial charge in [-0.25, -0.2) is 4.79 Å². The van der Waals surface area contributed by atoms with E-state index in [1.165, 1.54) is 7.11 Å². The molecule has 0 aromatic heterocycles. The van der Waals surface area contributed by atoms with E-state index in [9.17, 15) is 14.4 Å². The maximum Gasteiger partial charge on any atom is 0.407 e. The molecule has 0 fully saturated rings. The first-order chi connectivity index (χ1) is 10.2. The molecule has 0 aliphatic rings. The number of oxime groups is 1. The predicted molar refractivity (Wildman–Crippen MR) is 77.5 cm³/mol. The number of methoxy groups -OCH3 is 1. The number of esters is 1. The third-order valence-corrected chi connectivity index (χ3v) is 2.22. The average Bonchev–Trinajstić information content (AvgIpc) is 2.40. The minimum Gasteiger partial charge on any atom is -0.469 e. The molecule has 22 heavy (non-hydrogen) atoms. The molecule has 0 heterocycles. The van der Waals surface area contributed by atoms with Crippen molar-refractivity contribution in [2.45, 2.75) is 45.6 Å². The van der Waals surface area contributed by atoms with Gasteiger partial charge in [-0.1, -0.05) is 5.16 Å². The van der Waals surface area contributed by atoms with E-state index < -0.39 is 23.6 Å². The maximum absolute atomic E-state index is 11.6. The number of ether oxygens (including phenoxy) is 2. The molecule has 3 N–H and O–H groups in total. The summed E-state index contributed by atoms with van der Waals surface area (Å²) in [7, 11) is 1.24. The highest BCUT2D eigenvalue weighted by molar-refractivity contribution is 5.98. The lowest BCUT2D eigenvalue weighted by Crippen LogP contribution is -2.36. The van der Waals surface area contributed by atoms with Gasteiger partial charge in [-0.15, -0.1) is 0 Å². The molecule has 0 saturated heterocycles. The summed E-state index contributed by atoms with van der Waals surface area (Å²) in [6, 6.07) is 0. The van der Waals surface area contributed by atoms with E-state index in [1.54, 1.807) is 20.8 Å². The fraction of sp³-hybridized carbons (Fsp3) is 0.692. The highest BCUT2D eigenvalue weighted by Gasteiger charge is 2.16. The molecular formula is C13H23N3O6. The van der Waals surface area contributed by atoms with Crippen molar-refractivity contribution in [1.29, 1.82) is 0 Å². The van der Waals surface area contributed by atoms with E-state index in [4.69, 9.17) is 9.94 Å². The van der Waals surface area contributed by atoms with Crippen molar-refractivity contribution in [3.63, 3.8) is 0 Å². The molecule has 0 aromatic rings. The van der Waals surface area contributed by atoms with E-state index in [0.29, 0.717) is 0 Å². The van der Waals surface area contributed by atoms with E-state index in [0.717, 1.165) is 0 Å². The standard InChI is InChI=1S/C13H23N3O6/c1-13(2,3)22-12(19)14-8-7-10(17)15-9(16-20)5-6-11(18)21-4/h20H,5-8H2,1-4H3,(H,14,19)(H,15,16,17). The van der Waals surface area contributed by atoms with Crippen LogP contribution in [0.5, 0.6) is 0 Å². The van der Waals surface area contributed by atoms with Crippen LogP contribution in [0.2, 0.25) is 0 Å². The van der Waals surface area contributed by atoms with Crippen molar-refractivity contribution in [3.8, 4) is 0 Å². The van der Waals surface area contributed by atoms with Crippen LogP contribution in [0.4, 0.5) is 4.79 Å². The summed E-state index contributed by atoms with van der Waals surface area (Å²) >= 11 is 0. The third kappa shape index (κ3) is 10.5. The van der Waals surface area contributed by atoms with Crippen LogP contribution in [0.15, 0.2) is 5.16 Å². The molecule has 0 aliphatic heterocycles. The van der Waals surface area contributed by atoms with E-state index >= 15 is 0 Å². The topological polar surface area (TPSA) is 126 Å². The second kappa shape index (κ2) is 9.59. The minimum atomic E-state index is -0.623. The van der Waals surface area contributed by atoms with Crippen molar-refractivity contribution in [2.24, 2.45) is 5.16 Å². The number of carbonyl (C=O) groups excluding carboxylic acids is 3. The molecular weight excluding hydrogens is 294 g/mol. The van der Waals surface area contributed by atoms with Gasteiger partial charge in [0.15, 0.2) is 0 Å². The van der Waals surface area contributed by atoms with Crippen molar-refractivity contribution in [2.75, 3.05) is 13.7 Å². The van der Waals surface area contributed by atoms with Gasteiger partial charge in [-0.3, -0.25) is 9.59 Å². The highest BCUT2D eigenvalue weighted by atomic mass is 16.6. The summed E-state index contributed by atoms with van der Waals surface area (Å²) in [5.74, 6) is -0.997. The number of hydrogen-bond donors (Lipinski definition) is 3. The predicted octanol–water partition coefficient (Wildman–Crippen LogP) is 0.758. The van der Waals surface area contributed by atoms with Gasteiger partial charge in [0.2, 0.25) is 5.91 Å². The Morgan fingerprint density at radius 2 is 1.77 bits per heavy atom. The molecule has 0 bridgehead atoms. The van der Waals surface area contributed by atoms with Crippen molar-refractivity contribution < 1.29 is 29.1 Å². The fourth-order valence-corrected chi connectivity index (χ4v) is 1.28. The Balaban J connectivity index is 4.02. The molecule has 0 rings (SSSR count). The maximum atomic E-state index is 11.6. The molecule has 0 unspecified atom stereocenters. The van der Waals surface area contributed by atoms with Crippen molar-refractivity contribution >= 4 is 23.8 Å². The number of alkyl carbamates (subject to hydrolysis) is 1. The van der Waals surface area contributed by atoms with Crippen LogP contribution in [0.3, 0.4) is 0 Å². The average molecular weight is 317 g/mol. The third-order valence-electron chi connectivity index (χ3n) is 2.22. The van der Waals surface area contributed by atoms with Gasteiger partial charge in [0.25, 0.3) is 0 Å². The summed E-state index contributed by atoms with van der Waals surface area (Å²) in [6.45, 7) is 5.25. The Morgan fingerprint density at radius 1 is 1.14 bits per heavy atom. The first-order valence-corrected chi connectivity index (χ1v) is 6.72. The Bertz CT molecular complexity index is 428. The summed E-state index contributed by atoms with van der Waals surface area (Å²) < 4.78 is 9.43. The van der Waals surface area contributed by atoms with Crippen LogP contribution in [0, 0.1) is 0 Å². The number of carbonyl (C=O) groups is 3. The molecule has 0 spiro atoms. The zero-order valence-electron chi connectivity index (χ0n) is 13.3. The number of nitrogens with one attached hydrogen (secondary N) is 2. The number of amidine groups is 1. The number of hydrogen-bond acceptors (Lipinski definition) is 7. The molecule has 0 atom stereocenters. The largest absolute Gasteiger partial charge is 0.469 e. The Morgan fingerprint density at radius 3 is 2.27 bits per heavy atom. The number of rotatable bonds is 6. The normalized spacial score (nSPS) is 11.5. The summed E-state index contributed by atoms with van der Waals surface area (Å²) in [4.78, 5) is 33.9. The smallest absolute Gasteiger partial charge is 0.407 e. The quantitative estimate of drug-likeness (QED) is 0.218. The molecule has 0 aromatic carbocycles. The van der Waals surface area contributed by atoms with Gasteiger partial charge in [0.05, 0.1) is 13.5 Å². The molecule has 2 amide bonds. The molecule has 9 nitrogen and oxygen atoms in total. The van der Waals surface area contributed by atoms with E-state index in [-0.39, 0.29) is 31.6 Å². The molecule has 9 heteroatoms. The molecule has 0 aliphatic carbocycles. The van der Waals surface area contributed by atoms with Crippen molar-refractivity contribution in [3.05, 3.63) is 0 Å². The van der Waals surface area contributed by atoms with Crippen molar-refractivity contribution in [1.82, 2.24) is 10.6 Å². The van der Waals surface area contributed by atoms with Gasteiger partial charge in [0.1, 0.15) is 11.4 Å². The highest BCUT2D eigenvalue weighted by Crippen LogP contribution is 2.06. The van der Waals surface area contributed by atoms with Gasteiger partial charge in [-0.05, 0) is 20.8 Å². The lowest BCUT2D eigenvalue weighted by Gasteiger charge is -2.19. The SMILES string of the molecule is COC(=O)CC/C(=N\O)NC(=O)CCNC(=O)OC(C)(C)C. The second-order valence-electron chi connectivity index (χ2n) is 5.35. The van der Waals surface area contributed by atoms with Gasteiger partial charge < -0.3 is 25.3 Å². The minimum absolute atomic E-state index is 0.0215. The lowest BCUT2D eigenvalue weighted by atomic mass is 10.2. The van der Waals surface area contributed by atoms with Crippen LogP contribution in [-0.2, 0) is 19.1 Å². The van der Waals surface area contributed by atoms with Crippen LogP contribution in [-0.4, -0.2) is 48.3 Å². The van der Waals surface area contributed by atoms with Crippen LogP contribution in [0.1, 0.15) is 40.0 Å². The number of amides is 2. The molecule has 0 radical (unpaired) electrons. The Hall–Kier alpha value is -2.32. The van der Waals surface area contributed by atoms with E-state index in [1.807, 2.05) is 0 Å². The van der Waals surface area contributed by atoms with Gasteiger partial charge in [-0.2, -0.15) is 0 Å². The second-order valence-corrected chi connectivity index (χ2v) is 5.35. The van der Waals surface area contributed by atoms with Gasteiger partial charge in [0, 0.05) is 19.4 Å². The summed E-state index contributed by atoms with van der Waals surface area (Å²) in [5.41, 5.74) is -0.614. The lowest BCUT2D eigenvalue weighted by molar-refractivity contribution is -0.140. The number of nitrogens with zero attached hydrogens (tertiary/aromatic N) is 1. The first-order valence-electron chi connectivity index (χ1n) is 6.72. The Labute approximate surface area is 129 Å². The molecule has 0 saturated carbocycles. The Kier molecular flexibility index (Phi) is 8.58. The first kappa shape index (κ1) is 19.7. The summed E-state index contributed by atoms with van der Waals surface area (Å²) in [6.07, 6.45) is -0.640. The van der Waals surface area contributed by atoms with Gasteiger partial charge >= 0.3 is 12.1 Å². The monoisotopic (exact) mass is 317 g/mol. The zero-order valence-corrected chi connectivity index (χ0v) is 13.3. The zero-order chi connectivity index (χ0) is 17.2.